The standard InChI is InChI=1S/C18H19ClN6O2S/c1-10-22-23-17(28-10)8-21-15-6-16(24-25(2)18(15)26)27-9-11-5-13(11)14-4-3-12(19)7-20-14/h3-4,6-7,11,13,21H,5,8-9H2,1-2H3/t11-,13+/m0/s1. The number of halogens is 1. The molecular weight excluding hydrogens is 400 g/mol. The van der Waals surface area contributed by atoms with Crippen LogP contribution in [0.1, 0.15) is 28.0 Å². The molecule has 0 saturated heterocycles. The van der Waals surface area contributed by atoms with Gasteiger partial charge in [0.1, 0.15) is 15.7 Å². The van der Waals surface area contributed by atoms with Gasteiger partial charge >= 0.3 is 0 Å². The zero-order valence-electron chi connectivity index (χ0n) is 15.4. The fourth-order valence-corrected chi connectivity index (χ4v) is 3.71. The third-order valence-electron chi connectivity index (χ3n) is 4.54. The van der Waals surface area contributed by atoms with Gasteiger partial charge in [0.25, 0.3) is 5.56 Å². The Kier molecular flexibility index (Phi) is 5.27. The number of pyridine rings is 1. The van der Waals surface area contributed by atoms with E-state index in [-0.39, 0.29) is 5.56 Å². The molecule has 2 atom stereocenters. The van der Waals surface area contributed by atoms with Crippen molar-refractivity contribution in [3.05, 3.63) is 55.5 Å². The van der Waals surface area contributed by atoms with Crippen molar-refractivity contribution in [2.24, 2.45) is 13.0 Å². The largest absolute Gasteiger partial charge is 0.476 e. The van der Waals surface area contributed by atoms with Crippen LogP contribution in [-0.2, 0) is 13.6 Å². The molecule has 0 bridgehead atoms. The number of aromatic nitrogens is 5. The van der Waals surface area contributed by atoms with Crippen LogP contribution >= 0.6 is 22.9 Å². The molecule has 3 heterocycles. The van der Waals surface area contributed by atoms with Crippen molar-refractivity contribution in [3.8, 4) is 5.88 Å². The van der Waals surface area contributed by atoms with Crippen LogP contribution in [0.25, 0.3) is 0 Å². The maximum atomic E-state index is 12.3. The van der Waals surface area contributed by atoms with Crippen LogP contribution in [-0.4, -0.2) is 31.6 Å². The van der Waals surface area contributed by atoms with E-state index >= 15 is 0 Å². The summed E-state index contributed by atoms with van der Waals surface area (Å²) < 4.78 is 7.12. The van der Waals surface area contributed by atoms with E-state index in [4.69, 9.17) is 16.3 Å². The van der Waals surface area contributed by atoms with E-state index in [9.17, 15) is 4.79 Å². The van der Waals surface area contributed by atoms with Gasteiger partial charge in [0.2, 0.25) is 5.88 Å². The number of nitrogens with one attached hydrogen (secondary N) is 1. The van der Waals surface area contributed by atoms with Crippen molar-refractivity contribution in [1.29, 1.82) is 0 Å². The highest BCUT2D eigenvalue weighted by Crippen LogP contribution is 2.46. The smallest absolute Gasteiger partial charge is 0.290 e. The summed E-state index contributed by atoms with van der Waals surface area (Å²) in [5.74, 6) is 1.17. The SMILES string of the molecule is Cc1nnc(CNc2cc(OC[C@@H]3C[C@H]3c3ccc(Cl)cn3)nn(C)c2=O)s1. The maximum absolute atomic E-state index is 12.3. The molecule has 0 radical (unpaired) electrons. The van der Waals surface area contributed by atoms with Gasteiger partial charge in [0.15, 0.2) is 0 Å². The van der Waals surface area contributed by atoms with Crippen molar-refractivity contribution in [1.82, 2.24) is 25.0 Å². The molecule has 10 heteroatoms. The Labute approximate surface area is 170 Å². The van der Waals surface area contributed by atoms with Crippen LogP contribution in [0.5, 0.6) is 5.88 Å². The maximum Gasteiger partial charge on any atom is 0.290 e. The Morgan fingerprint density at radius 3 is 2.96 bits per heavy atom. The molecular formula is C18H19ClN6O2S. The van der Waals surface area contributed by atoms with E-state index in [1.165, 1.54) is 16.0 Å². The lowest BCUT2D eigenvalue weighted by Gasteiger charge is -2.10. The molecule has 146 valence electrons. The second kappa shape index (κ2) is 7.84. The monoisotopic (exact) mass is 418 g/mol. The number of aryl methyl sites for hydroxylation is 2. The zero-order valence-corrected chi connectivity index (χ0v) is 17.0. The Morgan fingerprint density at radius 2 is 2.25 bits per heavy atom. The van der Waals surface area contributed by atoms with Gasteiger partial charge in [0, 0.05) is 36.8 Å². The van der Waals surface area contributed by atoms with Crippen molar-refractivity contribution < 1.29 is 4.74 Å². The molecule has 4 rings (SSSR count). The Balaban J connectivity index is 1.37. The molecule has 0 aromatic carbocycles. The second-order valence-corrected chi connectivity index (χ2v) is 8.41. The first-order chi connectivity index (χ1) is 13.5. The average molecular weight is 419 g/mol. The normalized spacial score (nSPS) is 18.1. The first kappa shape index (κ1) is 18.8. The molecule has 0 spiro atoms. The minimum absolute atomic E-state index is 0.219. The molecule has 1 aliphatic rings. The van der Waals surface area contributed by atoms with Gasteiger partial charge in [-0.05, 0) is 25.5 Å². The molecule has 0 amide bonds. The summed E-state index contributed by atoms with van der Waals surface area (Å²) in [7, 11) is 1.60. The average Bonchev–Trinajstić information content (AvgIpc) is 3.34. The summed E-state index contributed by atoms with van der Waals surface area (Å²) in [4.78, 5) is 16.7. The topological polar surface area (TPSA) is 94.8 Å². The molecule has 1 fully saturated rings. The third kappa shape index (κ3) is 4.31. The first-order valence-electron chi connectivity index (χ1n) is 8.85. The molecule has 1 N–H and O–H groups in total. The lowest BCUT2D eigenvalue weighted by Crippen LogP contribution is -2.24. The van der Waals surface area contributed by atoms with Crippen LogP contribution in [0.3, 0.4) is 0 Å². The summed E-state index contributed by atoms with van der Waals surface area (Å²) in [5.41, 5.74) is 1.23. The molecule has 1 aliphatic carbocycles. The van der Waals surface area contributed by atoms with Gasteiger partial charge < -0.3 is 10.1 Å². The van der Waals surface area contributed by atoms with Gasteiger partial charge in [-0.25, -0.2) is 4.68 Å². The number of hydrogen-bond donors (Lipinski definition) is 1. The third-order valence-corrected chi connectivity index (χ3v) is 5.60. The van der Waals surface area contributed by atoms with E-state index in [2.05, 4.69) is 25.6 Å². The summed E-state index contributed by atoms with van der Waals surface area (Å²) in [6.07, 6.45) is 2.68. The van der Waals surface area contributed by atoms with E-state index < -0.39 is 0 Å². The summed E-state index contributed by atoms with van der Waals surface area (Å²) in [6.45, 7) is 2.84. The van der Waals surface area contributed by atoms with Gasteiger partial charge in [-0.15, -0.1) is 15.3 Å². The predicted molar refractivity (Wildman–Crippen MR) is 107 cm³/mol. The fourth-order valence-electron chi connectivity index (χ4n) is 2.95. The van der Waals surface area contributed by atoms with Crippen LogP contribution in [0.4, 0.5) is 5.69 Å². The number of hydrogen-bond acceptors (Lipinski definition) is 8. The second-order valence-electron chi connectivity index (χ2n) is 6.71. The van der Waals surface area contributed by atoms with Crippen LogP contribution in [0.15, 0.2) is 29.2 Å². The molecule has 3 aromatic rings. The quantitative estimate of drug-likeness (QED) is 0.630. The lowest BCUT2D eigenvalue weighted by molar-refractivity contribution is 0.278. The Bertz CT molecular complexity index is 1040. The Morgan fingerprint density at radius 1 is 1.39 bits per heavy atom. The number of anilines is 1. The number of rotatable bonds is 7. The summed E-state index contributed by atoms with van der Waals surface area (Å²) in [5, 5.41) is 17.6. The van der Waals surface area contributed by atoms with Crippen LogP contribution in [0.2, 0.25) is 5.02 Å². The molecule has 3 aromatic heterocycles. The molecule has 28 heavy (non-hydrogen) atoms. The van der Waals surface area contributed by atoms with Crippen molar-refractivity contribution >= 4 is 28.6 Å². The molecule has 8 nitrogen and oxygen atoms in total. The van der Waals surface area contributed by atoms with Crippen LogP contribution in [0, 0.1) is 12.8 Å². The lowest BCUT2D eigenvalue weighted by atomic mass is 10.2. The zero-order chi connectivity index (χ0) is 19.7. The minimum atomic E-state index is -0.219. The van der Waals surface area contributed by atoms with Crippen molar-refractivity contribution in [2.45, 2.75) is 25.8 Å². The van der Waals surface area contributed by atoms with Crippen LogP contribution < -0.4 is 15.6 Å². The minimum Gasteiger partial charge on any atom is -0.476 e. The van der Waals surface area contributed by atoms with E-state index in [0.29, 0.717) is 41.6 Å². The Hall–Kier alpha value is -2.52. The highest BCUT2D eigenvalue weighted by atomic mass is 35.5. The van der Waals surface area contributed by atoms with Crippen molar-refractivity contribution in [3.63, 3.8) is 0 Å². The fraction of sp³-hybridized carbons (Fsp3) is 0.389. The number of nitrogens with zero attached hydrogens (tertiary/aromatic N) is 5. The van der Waals surface area contributed by atoms with E-state index in [1.807, 2.05) is 19.1 Å². The van der Waals surface area contributed by atoms with Gasteiger partial charge in [-0.2, -0.15) is 0 Å². The van der Waals surface area contributed by atoms with Gasteiger partial charge in [0.05, 0.1) is 18.2 Å². The molecule has 1 saturated carbocycles. The summed E-state index contributed by atoms with van der Waals surface area (Å²) >= 11 is 7.37. The summed E-state index contributed by atoms with van der Waals surface area (Å²) in [6, 6.07) is 5.44. The number of ether oxygens (including phenoxy) is 1. The predicted octanol–water partition coefficient (Wildman–Crippen LogP) is 2.78. The van der Waals surface area contributed by atoms with E-state index in [1.54, 1.807) is 19.3 Å². The van der Waals surface area contributed by atoms with Gasteiger partial charge in [-0.3, -0.25) is 9.78 Å². The highest BCUT2D eigenvalue weighted by Gasteiger charge is 2.40. The molecule has 0 aliphatic heterocycles. The molecule has 0 unspecified atom stereocenters. The van der Waals surface area contributed by atoms with E-state index in [0.717, 1.165) is 22.1 Å². The van der Waals surface area contributed by atoms with Gasteiger partial charge in [-0.1, -0.05) is 22.9 Å². The van der Waals surface area contributed by atoms with Crippen molar-refractivity contribution in [2.75, 3.05) is 11.9 Å². The first-order valence-corrected chi connectivity index (χ1v) is 10.0. The highest BCUT2D eigenvalue weighted by molar-refractivity contribution is 7.11.